The van der Waals surface area contributed by atoms with Gasteiger partial charge in [0.25, 0.3) is 0 Å². The van der Waals surface area contributed by atoms with Gasteiger partial charge in [0.15, 0.2) is 0 Å². The third kappa shape index (κ3) is 1.77. The summed E-state index contributed by atoms with van der Waals surface area (Å²) in [5, 5.41) is 0.968. The van der Waals surface area contributed by atoms with E-state index in [9.17, 15) is 0 Å². The number of rotatable bonds is 1. The van der Waals surface area contributed by atoms with E-state index >= 15 is 0 Å². The Bertz CT molecular complexity index is 417. The average Bonchev–Trinajstić information content (AvgIpc) is 2.37. The number of hydrogen-bond donors (Lipinski definition) is 0. The second kappa shape index (κ2) is 4.40. The summed E-state index contributed by atoms with van der Waals surface area (Å²) in [6.07, 6.45) is 4.03. The molecule has 3 rings (SSSR count). The van der Waals surface area contributed by atoms with Crippen molar-refractivity contribution in [3.63, 3.8) is 0 Å². The van der Waals surface area contributed by atoms with E-state index in [-0.39, 0.29) is 0 Å². The highest BCUT2D eigenvalue weighted by molar-refractivity contribution is 9.09. The number of halogens is 1. The lowest BCUT2D eigenvalue weighted by molar-refractivity contribution is -0.0594. The van der Waals surface area contributed by atoms with Crippen LogP contribution in [0.4, 0.5) is 0 Å². The molecule has 17 heavy (non-hydrogen) atoms. The first-order valence-electron chi connectivity index (χ1n) is 6.51. The van der Waals surface area contributed by atoms with Gasteiger partial charge in [0.2, 0.25) is 0 Å². The number of hydrogen-bond acceptors (Lipinski definition) is 1. The molecule has 0 N–H and O–H groups in total. The summed E-state index contributed by atoms with van der Waals surface area (Å²) in [5.74, 6) is 0.672. The summed E-state index contributed by atoms with van der Waals surface area (Å²) in [7, 11) is 0. The molecule has 1 saturated heterocycles. The van der Waals surface area contributed by atoms with E-state index in [0.717, 1.165) is 18.4 Å². The minimum absolute atomic E-state index is 0.325. The highest BCUT2D eigenvalue weighted by Crippen LogP contribution is 2.48. The van der Waals surface area contributed by atoms with Crippen molar-refractivity contribution in [2.24, 2.45) is 5.92 Å². The predicted octanol–water partition coefficient (Wildman–Crippen LogP) is 3.69. The Hall–Kier alpha value is -0.340. The van der Waals surface area contributed by atoms with E-state index in [4.69, 9.17) is 4.74 Å². The third-order valence-corrected chi connectivity index (χ3v) is 5.37. The van der Waals surface area contributed by atoms with Crippen LogP contribution in [0.3, 0.4) is 0 Å². The lowest BCUT2D eigenvalue weighted by atomic mass is 9.60. The third-order valence-electron chi connectivity index (χ3n) is 4.73. The van der Waals surface area contributed by atoms with Crippen molar-refractivity contribution < 1.29 is 4.74 Å². The molecule has 1 aliphatic heterocycles. The van der Waals surface area contributed by atoms with Crippen LogP contribution in [0, 0.1) is 5.92 Å². The highest BCUT2D eigenvalue weighted by atomic mass is 79.9. The first-order valence-corrected chi connectivity index (χ1v) is 7.64. The van der Waals surface area contributed by atoms with Crippen LogP contribution in [0.1, 0.15) is 30.9 Å². The smallest absolute Gasteiger partial charge is 0.0708 e. The molecule has 0 saturated carbocycles. The van der Waals surface area contributed by atoms with Crippen LogP contribution in [0.25, 0.3) is 0 Å². The number of fused-ring (bicyclic) bond motifs is 3. The number of ether oxygens (including phenoxy) is 1. The zero-order valence-corrected chi connectivity index (χ0v) is 11.9. The van der Waals surface area contributed by atoms with Crippen molar-refractivity contribution in [2.45, 2.75) is 37.7 Å². The fourth-order valence-corrected chi connectivity index (χ4v) is 4.37. The first kappa shape index (κ1) is 11.7. The maximum atomic E-state index is 5.93. The molecule has 0 spiro atoms. The van der Waals surface area contributed by atoms with E-state index in [0.29, 0.717) is 17.4 Å². The van der Waals surface area contributed by atoms with Gasteiger partial charge in [-0.25, -0.2) is 0 Å². The van der Waals surface area contributed by atoms with Gasteiger partial charge in [0, 0.05) is 17.4 Å². The maximum absolute atomic E-state index is 5.93. The first-order chi connectivity index (χ1) is 8.25. The van der Waals surface area contributed by atoms with E-state index in [1.807, 2.05) is 0 Å². The zero-order valence-electron chi connectivity index (χ0n) is 10.3. The Morgan fingerprint density at radius 3 is 3.06 bits per heavy atom. The molecule has 3 atom stereocenters. The molecule has 1 nitrogen and oxygen atoms in total. The summed E-state index contributed by atoms with van der Waals surface area (Å²) in [6.45, 7) is 3.34. The Morgan fingerprint density at radius 2 is 2.24 bits per heavy atom. The van der Waals surface area contributed by atoms with E-state index in [1.54, 1.807) is 11.1 Å². The molecule has 0 bridgehead atoms. The van der Waals surface area contributed by atoms with Gasteiger partial charge in [-0.2, -0.15) is 0 Å². The molecule has 0 amide bonds. The molecular formula is C15H19BrO. The van der Waals surface area contributed by atoms with Gasteiger partial charge in [0.1, 0.15) is 0 Å². The zero-order chi connectivity index (χ0) is 11.9. The van der Waals surface area contributed by atoms with Crippen LogP contribution < -0.4 is 0 Å². The van der Waals surface area contributed by atoms with Gasteiger partial charge in [-0.1, -0.05) is 47.1 Å². The van der Waals surface area contributed by atoms with Gasteiger partial charge >= 0.3 is 0 Å². The second-order valence-corrected chi connectivity index (χ2v) is 6.18. The Morgan fingerprint density at radius 1 is 1.41 bits per heavy atom. The molecule has 1 aromatic carbocycles. The van der Waals surface area contributed by atoms with Crippen LogP contribution in [0.5, 0.6) is 0 Å². The minimum Gasteiger partial charge on any atom is -0.377 e. The number of alkyl halides is 1. The SMILES string of the molecule is C[C@]12CCO[C@@H](CBr)[C@@H]1CCc1ccccc12. The maximum Gasteiger partial charge on any atom is 0.0708 e. The molecule has 0 unspecified atom stereocenters. The number of aryl methyl sites for hydroxylation is 1. The summed E-state index contributed by atoms with van der Waals surface area (Å²) in [5.41, 5.74) is 3.46. The average molecular weight is 295 g/mol. The van der Waals surface area contributed by atoms with Crippen molar-refractivity contribution in [3.8, 4) is 0 Å². The van der Waals surface area contributed by atoms with E-state index in [1.165, 1.54) is 12.8 Å². The lowest BCUT2D eigenvalue weighted by Crippen LogP contribution is -2.49. The summed E-state index contributed by atoms with van der Waals surface area (Å²) < 4.78 is 5.93. The topological polar surface area (TPSA) is 9.23 Å². The van der Waals surface area contributed by atoms with Gasteiger partial charge in [-0.3, -0.25) is 0 Å². The minimum atomic E-state index is 0.325. The van der Waals surface area contributed by atoms with Gasteiger partial charge in [-0.15, -0.1) is 0 Å². The van der Waals surface area contributed by atoms with Gasteiger partial charge < -0.3 is 4.74 Å². The molecule has 2 aliphatic rings. The fraction of sp³-hybridized carbons (Fsp3) is 0.600. The quantitative estimate of drug-likeness (QED) is 0.718. The molecule has 1 aliphatic carbocycles. The molecular weight excluding hydrogens is 276 g/mol. The van der Waals surface area contributed by atoms with Gasteiger partial charge in [0.05, 0.1) is 6.10 Å². The molecule has 0 radical (unpaired) electrons. The largest absolute Gasteiger partial charge is 0.377 e. The molecule has 1 aromatic rings. The van der Waals surface area contributed by atoms with Crippen molar-refractivity contribution in [1.82, 2.24) is 0 Å². The Kier molecular flexibility index (Phi) is 3.04. The summed E-state index contributed by atoms with van der Waals surface area (Å²) in [6, 6.07) is 8.99. The molecule has 1 fully saturated rings. The Balaban J connectivity index is 2.05. The molecule has 1 heterocycles. The molecule has 0 aromatic heterocycles. The van der Waals surface area contributed by atoms with Crippen LogP contribution in [-0.4, -0.2) is 18.0 Å². The highest BCUT2D eigenvalue weighted by Gasteiger charge is 2.46. The van der Waals surface area contributed by atoms with Crippen LogP contribution >= 0.6 is 15.9 Å². The normalized spacial score (nSPS) is 36.1. The summed E-state index contributed by atoms with van der Waals surface area (Å²) in [4.78, 5) is 0. The predicted molar refractivity (Wildman–Crippen MR) is 73.8 cm³/mol. The van der Waals surface area contributed by atoms with Crippen LogP contribution in [-0.2, 0) is 16.6 Å². The van der Waals surface area contributed by atoms with Crippen molar-refractivity contribution in [2.75, 3.05) is 11.9 Å². The van der Waals surface area contributed by atoms with E-state index < -0.39 is 0 Å². The molecule has 2 heteroatoms. The fourth-order valence-electron chi connectivity index (χ4n) is 3.73. The van der Waals surface area contributed by atoms with Crippen molar-refractivity contribution in [1.29, 1.82) is 0 Å². The monoisotopic (exact) mass is 294 g/mol. The second-order valence-electron chi connectivity index (χ2n) is 5.53. The summed E-state index contributed by atoms with van der Waals surface area (Å²) >= 11 is 3.61. The van der Waals surface area contributed by atoms with Crippen molar-refractivity contribution in [3.05, 3.63) is 35.4 Å². The van der Waals surface area contributed by atoms with Crippen LogP contribution in [0.2, 0.25) is 0 Å². The molecule has 92 valence electrons. The van der Waals surface area contributed by atoms with Crippen LogP contribution in [0.15, 0.2) is 24.3 Å². The number of benzene rings is 1. The lowest BCUT2D eigenvalue weighted by Gasteiger charge is -2.49. The Labute approximate surface area is 112 Å². The standard InChI is InChI=1S/C15H19BrO/c1-15-8-9-17-14(10-16)13(15)7-6-11-4-2-3-5-12(11)15/h2-5,13-14H,6-10H2,1H3/t13-,14-,15+/m0/s1. The van der Waals surface area contributed by atoms with E-state index in [2.05, 4.69) is 47.1 Å². The van der Waals surface area contributed by atoms with Gasteiger partial charge in [-0.05, 0) is 36.3 Å². The van der Waals surface area contributed by atoms with Crippen molar-refractivity contribution >= 4 is 15.9 Å².